The van der Waals surface area contributed by atoms with Crippen molar-refractivity contribution >= 4 is 21.7 Å². The molecule has 1 saturated heterocycles. The molecule has 0 spiro atoms. The van der Waals surface area contributed by atoms with Crippen LogP contribution in [-0.2, 0) is 10.0 Å². The fourth-order valence-electron chi connectivity index (χ4n) is 4.78. The highest BCUT2D eigenvalue weighted by Crippen LogP contribution is 2.38. The highest BCUT2D eigenvalue weighted by molar-refractivity contribution is 7.90. The average Bonchev–Trinajstić information content (AvgIpc) is 3.13. The number of pyridine rings is 2. The highest BCUT2D eigenvalue weighted by Gasteiger charge is 2.39. The molecule has 0 radical (unpaired) electrons. The van der Waals surface area contributed by atoms with Crippen molar-refractivity contribution in [3.8, 4) is 17.0 Å². The summed E-state index contributed by atoms with van der Waals surface area (Å²) in [6.45, 7) is 13.3. The summed E-state index contributed by atoms with van der Waals surface area (Å²) in [5.41, 5.74) is 0.563. The zero-order valence-corrected chi connectivity index (χ0v) is 24.0. The van der Waals surface area contributed by atoms with Gasteiger partial charge in [0.25, 0.3) is 15.9 Å². The Kier molecular flexibility index (Phi) is 7.71. The van der Waals surface area contributed by atoms with E-state index in [0.717, 1.165) is 6.42 Å². The molecule has 0 bridgehead atoms. The molecule has 3 aromatic rings. The van der Waals surface area contributed by atoms with Gasteiger partial charge in [0.1, 0.15) is 17.4 Å². The standard InChI is InChI=1S/C29H35FN4O4S/c1-19-16-29(5,6)34(17-19)26-23(27(35)33-39(36,37)25-9-7-8-12-31-25)10-11-24(32-26)20-13-21(30)15-22(14-20)38-18-28(2,3)4/h7-15,19H,16-18H2,1-6H3,(H,33,35). The summed E-state index contributed by atoms with van der Waals surface area (Å²) >= 11 is 0. The van der Waals surface area contributed by atoms with Gasteiger partial charge in [0.2, 0.25) is 0 Å². The summed E-state index contributed by atoms with van der Waals surface area (Å²) in [7, 11) is -4.20. The van der Waals surface area contributed by atoms with Crippen molar-refractivity contribution in [2.24, 2.45) is 11.3 Å². The minimum absolute atomic E-state index is 0.0982. The van der Waals surface area contributed by atoms with Crippen LogP contribution in [0.4, 0.5) is 10.2 Å². The van der Waals surface area contributed by atoms with Crippen molar-refractivity contribution < 1.29 is 22.3 Å². The van der Waals surface area contributed by atoms with Crippen LogP contribution >= 0.6 is 0 Å². The minimum atomic E-state index is -4.20. The number of halogens is 1. The summed E-state index contributed by atoms with van der Waals surface area (Å²) in [5.74, 6) is -0.263. The van der Waals surface area contributed by atoms with Crippen LogP contribution in [0.3, 0.4) is 0 Å². The van der Waals surface area contributed by atoms with Gasteiger partial charge in [0, 0.05) is 29.9 Å². The molecule has 2 aromatic heterocycles. The Morgan fingerprint density at radius 3 is 2.54 bits per heavy atom. The number of benzene rings is 1. The van der Waals surface area contributed by atoms with Crippen LogP contribution in [-0.4, -0.2) is 43.0 Å². The number of carbonyl (C=O) groups is 1. The van der Waals surface area contributed by atoms with E-state index >= 15 is 0 Å². The van der Waals surface area contributed by atoms with Gasteiger partial charge in [0.05, 0.1) is 17.9 Å². The van der Waals surface area contributed by atoms with Crippen LogP contribution in [0.25, 0.3) is 11.3 Å². The Bertz CT molecular complexity index is 1470. The Balaban J connectivity index is 1.76. The van der Waals surface area contributed by atoms with E-state index in [9.17, 15) is 17.6 Å². The molecule has 1 fully saturated rings. The quantitative estimate of drug-likeness (QED) is 0.414. The Morgan fingerprint density at radius 2 is 1.92 bits per heavy atom. The van der Waals surface area contributed by atoms with Gasteiger partial charge < -0.3 is 9.64 Å². The van der Waals surface area contributed by atoms with Crippen molar-refractivity contribution in [3.63, 3.8) is 0 Å². The summed E-state index contributed by atoms with van der Waals surface area (Å²) in [4.78, 5) is 24.0. The third-order valence-electron chi connectivity index (χ3n) is 6.43. The van der Waals surface area contributed by atoms with Crippen LogP contribution in [0.15, 0.2) is 59.8 Å². The molecular weight excluding hydrogens is 519 g/mol. The average molecular weight is 555 g/mol. The van der Waals surface area contributed by atoms with E-state index in [1.54, 1.807) is 18.2 Å². The maximum absolute atomic E-state index is 14.6. The number of amides is 1. The van der Waals surface area contributed by atoms with E-state index in [1.807, 2.05) is 25.7 Å². The molecular formula is C29H35FN4O4S. The molecule has 3 heterocycles. The molecule has 8 nitrogen and oxygen atoms in total. The number of sulfonamides is 1. The maximum Gasteiger partial charge on any atom is 0.281 e. The first-order valence-electron chi connectivity index (χ1n) is 12.9. The second kappa shape index (κ2) is 10.6. The van der Waals surface area contributed by atoms with Crippen molar-refractivity contribution in [1.82, 2.24) is 14.7 Å². The minimum Gasteiger partial charge on any atom is -0.493 e. The van der Waals surface area contributed by atoms with Crippen LogP contribution in [0, 0.1) is 17.2 Å². The number of hydrogen-bond acceptors (Lipinski definition) is 7. The lowest BCUT2D eigenvalue weighted by atomic mass is 9.97. The van der Waals surface area contributed by atoms with Gasteiger partial charge in [-0.05, 0) is 68.0 Å². The second-order valence-electron chi connectivity index (χ2n) is 11.9. The third kappa shape index (κ3) is 6.73. The monoisotopic (exact) mass is 554 g/mol. The summed E-state index contributed by atoms with van der Waals surface area (Å²) in [6, 6.07) is 11.9. The normalized spacial score (nSPS) is 17.2. The molecule has 1 aromatic carbocycles. The summed E-state index contributed by atoms with van der Waals surface area (Å²) in [5, 5.41) is -0.262. The van der Waals surface area contributed by atoms with Gasteiger partial charge in [0.15, 0.2) is 5.03 Å². The number of aromatic nitrogens is 2. The van der Waals surface area contributed by atoms with Gasteiger partial charge >= 0.3 is 0 Å². The van der Waals surface area contributed by atoms with Crippen LogP contribution in [0.5, 0.6) is 5.75 Å². The molecule has 1 amide bonds. The van der Waals surface area contributed by atoms with Gasteiger partial charge in [-0.25, -0.2) is 19.1 Å². The molecule has 10 heteroatoms. The van der Waals surface area contributed by atoms with Gasteiger partial charge in [-0.2, -0.15) is 8.42 Å². The number of nitrogens with one attached hydrogen (secondary N) is 1. The van der Waals surface area contributed by atoms with Crippen molar-refractivity contribution in [1.29, 1.82) is 0 Å². The first-order chi connectivity index (χ1) is 18.1. The fourth-order valence-corrected chi connectivity index (χ4v) is 5.70. The lowest BCUT2D eigenvalue weighted by Gasteiger charge is -2.34. The van der Waals surface area contributed by atoms with E-state index < -0.39 is 21.7 Å². The predicted octanol–water partition coefficient (Wildman–Crippen LogP) is 5.45. The SMILES string of the molecule is CC1CN(c2nc(-c3cc(F)cc(OCC(C)(C)C)c3)ccc2C(=O)NS(=O)(=O)c2ccccn2)C(C)(C)C1. The fraction of sp³-hybridized carbons (Fsp3) is 0.414. The first-order valence-corrected chi connectivity index (χ1v) is 14.3. The van der Waals surface area contributed by atoms with Crippen molar-refractivity contribution in [2.45, 2.75) is 58.5 Å². The number of carbonyl (C=O) groups excluding carboxylic acids is 1. The summed E-state index contributed by atoms with van der Waals surface area (Å²) in [6.07, 6.45) is 2.20. The predicted molar refractivity (Wildman–Crippen MR) is 149 cm³/mol. The largest absolute Gasteiger partial charge is 0.493 e. The lowest BCUT2D eigenvalue weighted by Crippen LogP contribution is -2.41. The molecule has 208 valence electrons. The van der Waals surface area contributed by atoms with E-state index in [-0.39, 0.29) is 21.5 Å². The molecule has 0 saturated carbocycles. The highest BCUT2D eigenvalue weighted by atomic mass is 32.2. The van der Waals surface area contributed by atoms with Crippen molar-refractivity contribution in [3.05, 3.63) is 66.1 Å². The van der Waals surface area contributed by atoms with Gasteiger partial charge in [-0.15, -0.1) is 0 Å². The van der Waals surface area contributed by atoms with Crippen LogP contribution in [0.2, 0.25) is 0 Å². The van der Waals surface area contributed by atoms with E-state index in [0.29, 0.717) is 41.9 Å². The molecule has 1 atom stereocenters. The molecule has 0 aliphatic carbocycles. The van der Waals surface area contributed by atoms with E-state index in [4.69, 9.17) is 9.72 Å². The Labute approximate surface area is 229 Å². The Hall–Kier alpha value is -3.53. The van der Waals surface area contributed by atoms with Gasteiger partial charge in [-0.1, -0.05) is 33.8 Å². The smallest absolute Gasteiger partial charge is 0.281 e. The van der Waals surface area contributed by atoms with Gasteiger partial charge in [-0.3, -0.25) is 4.79 Å². The number of ether oxygens (including phenoxy) is 1. The van der Waals surface area contributed by atoms with Crippen molar-refractivity contribution in [2.75, 3.05) is 18.1 Å². The first kappa shape index (κ1) is 28.5. The lowest BCUT2D eigenvalue weighted by molar-refractivity contribution is 0.0981. The summed E-state index contributed by atoms with van der Waals surface area (Å²) < 4.78 is 48.2. The molecule has 1 N–H and O–H groups in total. The topological polar surface area (TPSA) is 101 Å². The zero-order valence-electron chi connectivity index (χ0n) is 23.2. The molecule has 1 unspecified atom stereocenters. The number of hydrogen-bond donors (Lipinski definition) is 1. The molecule has 1 aliphatic heterocycles. The van der Waals surface area contributed by atoms with Crippen LogP contribution < -0.4 is 14.4 Å². The van der Waals surface area contributed by atoms with E-state index in [2.05, 4.69) is 30.5 Å². The third-order valence-corrected chi connectivity index (χ3v) is 7.67. The van der Waals surface area contributed by atoms with Crippen LogP contribution in [0.1, 0.15) is 58.3 Å². The number of rotatable bonds is 7. The molecule has 39 heavy (non-hydrogen) atoms. The molecule has 1 aliphatic rings. The Morgan fingerprint density at radius 1 is 1.18 bits per heavy atom. The zero-order chi connectivity index (χ0) is 28.6. The molecule has 4 rings (SSSR count). The van der Waals surface area contributed by atoms with E-state index in [1.165, 1.54) is 36.5 Å². The second-order valence-corrected chi connectivity index (χ2v) is 13.6. The maximum atomic E-state index is 14.6. The number of anilines is 1. The number of nitrogens with zero attached hydrogens (tertiary/aromatic N) is 3.